The van der Waals surface area contributed by atoms with Crippen LogP contribution in [0.5, 0.6) is 0 Å². The van der Waals surface area contributed by atoms with E-state index in [1.807, 2.05) is 45.0 Å². The van der Waals surface area contributed by atoms with Gasteiger partial charge in [0.2, 0.25) is 5.91 Å². The highest BCUT2D eigenvalue weighted by atomic mass is 16.2. The highest BCUT2D eigenvalue weighted by Crippen LogP contribution is 2.13. The maximum Gasteiger partial charge on any atom is 0.254 e. The van der Waals surface area contributed by atoms with E-state index in [0.29, 0.717) is 0 Å². The maximum atomic E-state index is 12.0. The number of nitrogens with zero attached hydrogens (tertiary/aromatic N) is 2. The monoisotopic (exact) mass is 285 g/mol. The predicted molar refractivity (Wildman–Crippen MR) is 82.4 cm³/mol. The van der Waals surface area contributed by atoms with E-state index >= 15 is 0 Å². The number of carbonyl (C=O) groups is 1. The molecule has 0 fully saturated rings. The van der Waals surface area contributed by atoms with Crippen LogP contribution >= 0.6 is 0 Å². The Morgan fingerprint density at radius 3 is 2.67 bits per heavy atom. The van der Waals surface area contributed by atoms with Gasteiger partial charge in [-0.1, -0.05) is 32.0 Å². The van der Waals surface area contributed by atoms with Gasteiger partial charge >= 0.3 is 0 Å². The predicted octanol–water partition coefficient (Wildman–Crippen LogP) is 2.31. The molecule has 5 heteroatoms. The van der Waals surface area contributed by atoms with Crippen molar-refractivity contribution >= 4 is 11.6 Å². The molecule has 0 atom stereocenters. The largest absolute Gasteiger partial charge is 0.324 e. The Morgan fingerprint density at radius 1 is 1.33 bits per heavy atom. The Labute approximate surface area is 123 Å². The first kappa shape index (κ1) is 15.0. The summed E-state index contributed by atoms with van der Waals surface area (Å²) in [5.41, 5.74) is 2.25. The number of hydrogen-bond acceptors (Lipinski definition) is 3. The topological polar surface area (TPSA) is 64.0 Å². The molecule has 0 saturated heterocycles. The van der Waals surface area contributed by atoms with Crippen molar-refractivity contribution in [2.75, 3.05) is 5.32 Å². The minimum absolute atomic E-state index is 0.0431. The summed E-state index contributed by atoms with van der Waals surface area (Å²) < 4.78 is 1.31. The highest BCUT2D eigenvalue weighted by Gasteiger charge is 2.08. The molecule has 0 unspecified atom stereocenters. The summed E-state index contributed by atoms with van der Waals surface area (Å²) >= 11 is 0. The van der Waals surface area contributed by atoms with Gasteiger partial charge in [0.1, 0.15) is 6.54 Å². The van der Waals surface area contributed by atoms with E-state index in [-0.39, 0.29) is 23.9 Å². The van der Waals surface area contributed by atoms with Crippen molar-refractivity contribution in [1.82, 2.24) is 9.55 Å². The number of hydrogen-bond donors (Lipinski definition) is 1. The van der Waals surface area contributed by atoms with Crippen LogP contribution < -0.4 is 10.9 Å². The number of rotatable bonds is 4. The molecule has 1 aromatic heterocycles. The molecular formula is C16H19N3O2. The molecule has 1 amide bonds. The van der Waals surface area contributed by atoms with Gasteiger partial charge in [0.25, 0.3) is 5.56 Å². The van der Waals surface area contributed by atoms with Crippen molar-refractivity contribution in [3.63, 3.8) is 0 Å². The van der Waals surface area contributed by atoms with Gasteiger partial charge in [-0.05, 0) is 24.5 Å². The van der Waals surface area contributed by atoms with Crippen molar-refractivity contribution in [3.8, 4) is 0 Å². The second kappa shape index (κ2) is 6.35. The third-order valence-corrected chi connectivity index (χ3v) is 3.23. The molecule has 0 radical (unpaired) electrons. The summed E-state index contributed by atoms with van der Waals surface area (Å²) in [6, 6.07) is 8.99. The minimum atomic E-state index is -0.245. The molecular weight excluding hydrogens is 266 g/mol. The fourth-order valence-electron chi connectivity index (χ4n) is 1.93. The molecule has 2 aromatic rings. The van der Waals surface area contributed by atoms with Crippen LogP contribution in [0.25, 0.3) is 0 Å². The van der Waals surface area contributed by atoms with Crippen LogP contribution in [0.3, 0.4) is 0 Å². The Bertz CT molecular complexity index is 705. The zero-order valence-corrected chi connectivity index (χ0v) is 12.5. The van der Waals surface area contributed by atoms with E-state index < -0.39 is 0 Å². The second-order valence-electron chi connectivity index (χ2n) is 5.30. The zero-order chi connectivity index (χ0) is 15.4. The van der Waals surface area contributed by atoms with Crippen molar-refractivity contribution < 1.29 is 4.79 Å². The third-order valence-electron chi connectivity index (χ3n) is 3.23. The normalized spacial score (nSPS) is 10.7. The standard InChI is InChI=1S/C16H19N3O2/c1-11(2)14-8-16(21)19(10-17-14)9-15(20)18-13-7-5-4-6-12(13)3/h4-8,10-11H,9H2,1-3H3,(H,18,20). The van der Waals surface area contributed by atoms with Gasteiger partial charge in [-0.3, -0.25) is 14.2 Å². The summed E-state index contributed by atoms with van der Waals surface area (Å²) in [4.78, 5) is 28.1. The first-order valence-corrected chi connectivity index (χ1v) is 6.89. The second-order valence-corrected chi connectivity index (χ2v) is 5.30. The number of aryl methyl sites for hydroxylation is 1. The van der Waals surface area contributed by atoms with E-state index in [1.165, 1.54) is 17.0 Å². The molecule has 21 heavy (non-hydrogen) atoms. The average molecular weight is 285 g/mol. The van der Waals surface area contributed by atoms with Gasteiger partial charge in [-0.25, -0.2) is 4.98 Å². The molecule has 1 aromatic carbocycles. The summed E-state index contributed by atoms with van der Waals surface area (Å²) in [5, 5.41) is 2.80. The maximum absolute atomic E-state index is 12.0. The van der Waals surface area contributed by atoms with E-state index in [2.05, 4.69) is 10.3 Å². The summed E-state index contributed by atoms with van der Waals surface area (Å²) in [6.45, 7) is 5.81. The van der Waals surface area contributed by atoms with Gasteiger partial charge in [-0.2, -0.15) is 0 Å². The molecule has 0 spiro atoms. The van der Waals surface area contributed by atoms with Crippen LogP contribution in [0.1, 0.15) is 31.0 Å². The molecule has 5 nitrogen and oxygen atoms in total. The number of anilines is 1. The average Bonchev–Trinajstić information content (AvgIpc) is 2.43. The van der Waals surface area contributed by atoms with Crippen LogP contribution in [0.15, 0.2) is 41.5 Å². The highest BCUT2D eigenvalue weighted by molar-refractivity contribution is 5.91. The number of carbonyl (C=O) groups excluding carboxylic acids is 1. The van der Waals surface area contributed by atoms with Crippen LogP contribution in [-0.4, -0.2) is 15.5 Å². The summed E-state index contributed by atoms with van der Waals surface area (Å²) in [7, 11) is 0. The number of para-hydroxylation sites is 1. The summed E-state index contributed by atoms with van der Waals surface area (Å²) in [5.74, 6) is -0.0568. The van der Waals surface area contributed by atoms with E-state index in [9.17, 15) is 9.59 Å². The third kappa shape index (κ3) is 3.78. The lowest BCUT2D eigenvalue weighted by Crippen LogP contribution is -2.28. The molecule has 0 saturated carbocycles. The number of amides is 1. The Hall–Kier alpha value is -2.43. The van der Waals surface area contributed by atoms with Gasteiger partial charge in [0, 0.05) is 11.8 Å². The lowest BCUT2D eigenvalue weighted by atomic mass is 10.1. The summed E-state index contributed by atoms with van der Waals surface area (Å²) in [6.07, 6.45) is 1.43. The Balaban J connectivity index is 2.10. The molecule has 2 rings (SSSR count). The van der Waals surface area contributed by atoms with Gasteiger partial charge in [-0.15, -0.1) is 0 Å². The molecule has 0 aliphatic heterocycles. The zero-order valence-electron chi connectivity index (χ0n) is 12.5. The minimum Gasteiger partial charge on any atom is -0.324 e. The van der Waals surface area contributed by atoms with Gasteiger partial charge < -0.3 is 5.32 Å². The lowest BCUT2D eigenvalue weighted by Gasteiger charge is -2.10. The SMILES string of the molecule is Cc1ccccc1NC(=O)Cn1cnc(C(C)C)cc1=O. The quantitative estimate of drug-likeness (QED) is 0.937. The molecule has 1 N–H and O–H groups in total. The van der Waals surface area contributed by atoms with Crippen molar-refractivity contribution in [3.05, 3.63) is 58.3 Å². The van der Waals surface area contributed by atoms with Crippen molar-refractivity contribution in [2.45, 2.75) is 33.2 Å². The van der Waals surface area contributed by atoms with Crippen LogP contribution in [-0.2, 0) is 11.3 Å². The molecule has 0 aliphatic carbocycles. The number of nitrogens with one attached hydrogen (secondary N) is 1. The molecule has 110 valence electrons. The Morgan fingerprint density at radius 2 is 2.05 bits per heavy atom. The van der Waals surface area contributed by atoms with Crippen LogP contribution in [0.4, 0.5) is 5.69 Å². The van der Waals surface area contributed by atoms with Crippen molar-refractivity contribution in [2.24, 2.45) is 0 Å². The fraction of sp³-hybridized carbons (Fsp3) is 0.312. The Kier molecular flexibility index (Phi) is 4.52. The number of aromatic nitrogens is 2. The lowest BCUT2D eigenvalue weighted by molar-refractivity contribution is -0.116. The first-order valence-electron chi connectivity index (χ1n) is 6.89. The molecule has 0 bridgehead atoms. The molecule has 0 aliphatic rings. The van der Waals surface area contributed by atoms with Crippen LogP contribution in [0, 0.1) is 6.92 Å². The van der Waals surface area contributed by atoms with Crippen molar-refractivity contribution in [1.29, 1.82) is 0 Å². The first-order chi connectivity index (χ1) is 9.97. The van der Waals surface area contributed by atoms with E-state index in [1.54, 1.807) is 0 Å². The fourth-order valence-corrected chi connectivity index (χ4v) is 1.93. The molecule has 1 heterocycles. The van der Waals surface area contributed by atoms with Crippen LogP contribution in [0.2, 0.25) is 0 Å². The van der Waals surface area contributed by atoms with Gasteiger partial charge in [0.05, 0.1) is 12.0 Å². The van der Waals surface area contributed by atoms with E-state index in [4.69, 9.17) is 0 Å². The van der Waals surface area contributed by atoms with Gasteiger partial charge in [0.15, 0.2) is 0 Å². The smallest absolute Gasteiger partial charge is 0.254 e. The van der Waals surface area contributed by atoms with E-state index in [0.717, 1.165) is 16.9 Å². The number of benzene rings is 1.